The first kappa shape index (κ1) is 14.8. The molecule has 20 heavy (non-hydrogen) atoms. The van der Waals surface area contributed by atoms with E-state index in [2.05, 4.69) is 10.2 Å². The van der Waals surface area contributed by atoms with E-state index in [0.717, 1.165) is 45.2 Å². The molecule has 2 N–H and O–H groups in total. The van der Waals surface area contributed by atoms with E-state index < -0.39 is 0 Å². The van der Waals surface area contributed by atoms with Crippen LogP contribution in [0.25, 0.3) is 0 Å². The first-order valence-electron chi connectivity index (χ1n) is 8.56. The van der Waals surface area contributed by atoms with Crippen LogP contribution in [0, 0.1) is 5.92 Å². The third kappa shape index (κ3) is 3.73. The van der Waals surface area contributed by atoms with E-state index in [0.29, 0.717) is 12.1 Å². The minimum atomic E-state index is -0.0846. The van der Waals surface area contributed by atoms with Crippen molar-refractivity contribution in [3.8, 4) is 0 Å². The first-order chi connectivity index (χ1) is 9.83. The number of hydrogen-bond acceptors (Lipinski definition) is 4. The van der Waals surface area contributed by atoms with E-state index in [1.807, 2.05) is 0 Å². The van der Waals surface area contributed by atoms with Gasteiger partial charge >= 0.3 is 0 Å². The summed E-state index contributed by atoms with van der Waals surface area (Å²) < 4.78 is 5.43. The van der Waals surface area contributed by atoms with Gasteiger partial charge in [0.25, 0.3) is 0 Å². The Bertz CT molecular complexity index is 294. The van der Waals surface area contributed by atoms with Crippen molar-refractivity contribution in [3.05, 3.63) is 0 Å². The summed E-state index contributed by atoms with van der Waals surface area (Å²) in [5.41, 5.74) is 0. The van der Waals surface area contributed by atoms with Gasteiger partial charge in [0.1, 0.15) is 0 Å². The molecule has 0 amide bonds. The Morgan fingerprint density at radius 3 is 2.90 bits per heavy atom. The Morgan fingerprint density at radius 2 is 2.15 bits per heavy atom. The summed E-state index contributed by atoms with van der Waals surface area (Å²) >= 11 is 0. The summed E-state index contributed by atoms with van der Waals surface area (Å²) in [6.07, 6.45) is 8.68. The van der Waals surface area contributed by atoms with Gasteiger partial charge in [-0.3, -0.25) is 4.90 Å². The third-order valence-electron chi connectivity index (χ3n) is 5.36. The number of aliphatic hydroxyl groups is 1. The molecular weight excluding hydrogens is 252 g/mol. The summed E-state index contributed by atoms with van der Waals surface area (Å²) in [6, 6.07) is 1.32. The number of ether oxygens (including phenoxy) is 1. The average molecular weight is 282 g/mol. The number of likely N-dealkylation sites (tertiary alicyclic amines) is 1. The largest absolute Gasteiger partial charge is 0.392 e. The van der Waals surface area contributed by atoms with Gasteiger partial charge < -0.3 is 15.2 Å². The zero-order valence-electron chi connectivity index (χ0n) is 12.6. The van der Waals surface area contributed by atoms with Crippen LogP contribution in [0.5, 0.6) is 0 Å². The predicted molar refractivity (Wildman–Crippen MR) is 79.8 cm³/mol. The van der Waals surface area contributed by atoms with Crippen LogP contribution in [-0.2, 0) is 4.74 Å². The van der Waals surface area contributed by atoms with Gasteiger partial charge in [0.05, 0.1) is 6.10 Å². The number of rotatable bonds is 6. The molecule has 2 saturated heterocycles. The van der Waals surface area contributed by atoms with Gasteiger partial charge in [-0.05, 0) is 51.0 Å². The van der Waals surface area contributed by atoms with Crippen LogP contribution in [0.15, 0.2) is 0 Å². The lowest BCUT2D eigenvalue weighted by Crippen LogP contribution is -2.46. The SMILES string of the molecule is OC1CCN([C@H]2CCC[C@H]2NCCCC2CCOC2)C1. The second-order valence-electron chi connectivity index (χ2n) is 6.87. The van der Waals surface area contributed by atoms with Gasteiger partial charge in [0.2, 0.25) is 0 Å². The zero-order valence-corrected chi connectivity index (χ0v) is 12.6. The van der Waals surface area contributed by atoms with Crippen molar-refractivity contribution in [2.75, 3.05) is 32.8 Å². The number of hydrogen-bond donors (Lipinski definition) is 2. The predicted octanol–water partition coefficient (Wildman–Crippen LogP) is 1.38. The molecular formula is C16H30N2O2. The average Bonchev–Trinajstić information content (AvgIpc) is 3.16. The number of β-amino-alcohol motifs (C(OH)–C–C–N with tert-alkyl or cyclic N) is 1. The highest BCUT2D eigenvalue weighted by Crippen LogP contribution is 2.27. The lowest BCUT2D eigenvalue weighted by atomic mass is 10.0. The van der Waals surface area contributed by atoms with Crippen LogP contribution >= 0.6 is 0 Å². The molecule has 4 heteroatoms. The fourth-order valence-corrected chi connectivity index (χ4v) is 4.17. The molecule has 0 aromatic carbocycles. The van der Waals surface area contributed by atoms with Crippen molar-refractivity contribution in [1.82, 2.24) is 10.2 Å². The van der Waals surface area contributed by atoms with Crippen LogP contribution in [0.3, 0.4) is 0 Å². The molecule has 0 radical (unpaired) electrons. The number of nitrogens with zero attached hydrogens (tertiary/aromatic N) is 1. The quantitative estimate of drug-likeness (QED) is 0.723. The molecule has 4 nitrogen and oxygen atoms in total. The van der Waals surface area contributed by atoms with Gasteiger partial charge in [-0.1, -0.05) is 6.42 Å². The van der Waals surface area contributed by atoms with Crippen LogP contribution in [0.2, 0.25) is 0 Å². The topological polar surface area (TPSA) is 44.7 Å². The monoisotopic (exact) mass is 282 g/mol. The third-order valence-corrected chi connectivity index (χ3v) is 5.36. The molecule has 3 aliphatic rings. The molecule has 116 valence electrons. The Kier molecular flexibility index (Phi) is 5.32. The van der Waals surface area contributed by atoms with Crippen LogP contribution in [-0.4, -0.2) is 61.0 Å². The summed E-state index contributed by atoms with van der Waals surface area (Å²) in [5, 5.41) is 13.5. The molecule has 4 atom stereocenters. The zero-order chi connectivity index (χ0) is 13.8. The van der Waals surface area contributed by atoms with Gasteiger partial charge in [-0.25, -0.2) is 0 Å². The minimum Gasteiger partial charge on any atom is -0.392 e. The Balaban J connectivity index is 1.35. The van der Waals surface area contributed by atoms with Gasteiger partial charge in [-0.2, -0.15) is 0 Å². The lowest BCUT2D eigenvalue weighted by molar-refractivity contribution is 0.150. The van der Waals surface area contributed by atoms with E-state index in [1.165, 1.54) is 38.5 Å². The maximum absolute atomic E-state index is 9.71. The molecule has 2 aliphatic heterocycles. The summed E-state index contributed by atoms with van der Waals surface area (Å²) in [6.45, 7) is 5.08. The van der Waals surface area contributed by atoms with E-state index in [1.54, 1.807) is 0 Å². The smallest absolute Gasteiger partial charge is 0.0679 e. The van der Waals surface area contributed by atoms with Crippen molar-refractivity contribution < 1.29 is 9.84 Å². The molecule has 2 unspecified atom stereocenters. The fourth-order valence-electron chi connectivity index (χ4n) is 4.17. The van der Waals surface area contributed by atoms with Gasteiger partial charge in [-0.15, -0.1) is 0 Å². The van der Waals surface area contributed by atoms with Crippen molar-refractivity contribution in [2.45, 2.75) is 63.1 Å². The Morgan fingerprint density at radius 1 is 1.20 bits per heavy atom. The maximum Gasteiger partial charge on any atom is 0.0679 e. The molecule has 3 rings (SSSR count). The van der Waals surface area contributed by atoms with Crippen molar-refractivity contribution in [2.24, 2.45) is 5.92 Å². The maximum atomic E-state index is 9.71. The normalized spacial score (nSPS) is 38.9. The second-order valence-corrected chi connectivity index (χ2v) is 6.87. The van der Waals surface area contributed by atoms with Crippen molar-refractivity contribution in [1.29, 1.82) is 0 Å². The van der Waals surface area contributed by atoms with Crippen molar-refractivity contribution in [3.63, 3.8) is 0 Å². The fraction of sp³-hybridized carbons (Fsp3) is 1.00. The molecule has 0 bridgehead atoms. The van der Waals surface area contributed by atoms with E-state index in [-0.39, 0.29) is 6.10 Å². The summed E-state index contributed by atoms with van der Waals surface area (Å²) in [5.74, 6) is 0.810. The van der Waals surface area contributed by atoms with Crippen LogP contribution in [0.1, 0.15) is 44.9 Å². The number of aliphatic hydroxyl groups excluding tert-OH is 1. The summed E-state index contributed by atoms with van der Waals surface area (Å²) in [4.78, 5) is 2.51. The molecule has 2 heterocycles. The van der Waals surface area contributed by atoms with Crippen molar-refractivity contribution >= 4 is 0 Å². The lowest BCUT2D eigenvalue weighted by Gasteiger charge is -2.30. The van der Waals surface area contributed by atoms with Crippen LogP contribution in [0.4, 0.5) is 0 Å². The van der Waals surface area contributed by atoms with Gasteiger partial charge in [0, 0.05) is 38.4 Å². The van der Waals surface area contributed by atoms with Crippen LogP contribution < -0.4 is 5.32 Å². The molecule has 1 aliphatic carbocycles. The molecule has 3 fully saturated rings. The molecule has 0 aromatic rings. The highest BCUT2D eigenvalue weighted by atomic mass is 16.5. The van der Waals surface area contributed by atoms with Gasteiger partial charge in [0.15, 0.2) is 0 Å². The molecule has 0 spiro atoms. The Labute approximate surface area is 122 Å². The highest BCUT2D eigenvalue weighted by molar-refractivity contribution is 4.93. The van der Waals surface area contributed by atoms with E-state index in [4.69, 9.17) is 4.74 Å². The Hall–Kier alpha value is -0.160. The minimum absolute atomic E-state index is 0.0846. The summed E-state index contributed by atoms with van der Waals surface area (Å²) in [7, 11) is 0. The second kappa shape index (κ2) is 7.21. The van der Waals surface area contributed by atoms with E-state index >= 15 is 0 Å². The first-order valence-corrected chi connectivity index (χ1v) is 8.56. The molecule has 1 saturated carbocycles. The van der Waals surface area contributed by atoms with E-state index in [9.17, 15) is 5.11 Å². The molecule has 0 aromatic heterocycles. The number of nitrogens with one attached hydrogen (secondary N) is 1. The standard InChI is InChI=1S/C16H30N2O2/c19-14-6-9-18(11-14)16-5-1-4-15(16)17-8-2-3-13-7-10-20-12-13/h13-17,19H,1-12H2/t13?,14?,15-,16+/m1/s1. The highest BCUT2D eigenvalue weighted by Gasteiger charge is 2.35.